The number of hydrogen-bond donors (Lipinski definition) is 2. The number of carbonyl (C=O) groups is 5. The molecule has 1 unspecified atom stereocenters. The van der Waals surface area contributed by atoms with Crippen molar-refractivity contribution in [3.05, 3.63) is 87.9 Å². The van der Waals surface area contributed by atoms with Crippen LogP contribution in [0.25, 0.3) is 0 Å². The normalized spacial score (nSPS) is 25.7. The first kappa shape index (κ1) is 40.0. The highest BCUT2D eigenvalue weighted by Gasteiger charge is 2.64. The molecule has 4 aliphatic heterocycles. The van der Waals surface area contributed by atoms with Crippen LogP contribution in [-0.2, 0) is 9.59 Å². The first-order valence-corrected chi connectivity index (χ1v) is 21.3. The maximum atomic E-state index is 13.5. The minimum atomic E-state index is -0.972. The first-order chi connectivity index (χ1) is 28.6. The van der Waals surface area contributed by atoms with Crippen LogP contribution in [0.15, 0.2) is 60.7 Å². The summed E-state index contributed by atoms with van der Waals surface area (Å²) in [4.78, 5) is 72.6. The summed E-state index contributed by atoms with van der Waals surface area (Å²) >= 11 is 6.26. The van der Waals surface area contributed by atoms with Crippen molar-refractivity contribution in [2.24, 2.45) is 16.2 Å². The van der Waals surface area contributed by atoms with Crippen LogP contribution >= 0.6 is 11.6 Å². The molecule has 0 bridgehead atoms. The van der Waals surface area contributed by atoms with Crippen LogP contribution in [0.3, 0.4) is 0 Å². The summed E-state index contributed by atoms with van der Waals surface area (Å²) in [6.07, 6.45) is 3.39. The topological polar surface area (TPSA) is 155 Å². The summed E-state index contributed by atoms with van der Waals surface area (Å²) in [6, 6.07) is 19.9. The van der Waals surface area contributed by atoms with Crippen molar-refractivity contribution < 1.29 is 28.7 Å². The molecule has 2 aliphatic carbocycles. The van der Waals surface area contributed by atoms with E-state index >= 15 is 0 Å². The largest absolute Gasteiger partial charge is 0.489 e. The van der Waals surface area contributed by atoms with Crippen molar-refractivity contribution in [2.45, 2.75) is 84.0 Å². The number of anilines is 2. The molecule has 60 heavy (non-hydrogen) atoms. The van der Waals surface area contributed by atoms with Crippen molar-refractivity contribution in [2.75, 3.05) is 49.1 Å². The van der Waals surface area contributed by atoms with Crippen LogP contribution in [0.4, 0.5) is 11.4 Å². The molecule has 5 amide bonds. The Morgan fingerprint density at radius 3 is 2.20 bits per heavy atom. The Morgan fingerprint density at radius 1 is 0.850 bits per heavy atom. The summed E-state index contributed by atoms with van der Waals surface area (Å²) in [6.45, 7) is 13.9. The molecule has 312 valence electrons. The van der Waals surface area contributed by atoms with Crippen molar-refractivity contribution >= 4 is 52.5 Å². The molecule has 2 N–H and O–H groups in total. The molecule has 3 aromatic carbocycles. The monoisotopic (exact) mass is 831 g/mol. The van der Waals surface area contributed by atoms with Crippen molar-refractivity contribution in [3.63, 3.8) is 0 Å². The predicted molar refractivity (Wildman–Crippen MR) is 225 cm³/mol. The molecule has 14 heteroatoms. The Morgan fingerprint density at radius 2 is 1.53 bits per heavy atom. The van der Waals surface area contributed by atoms with Gasteiger partial charge in [-0.05, 0) is 85.7 Å². The maximum Gasteiger partial charge on any atom is 0.262 e. The van der Waals surface area contributed by atoms with Crippen LogP contribution in [0.1, 0.15) is 96.4 Å². The molecule has 1 atom stereocenters. The van der Waals surface area contributed by atoms with Gasteiger partial charge in [0.15, 0.2) is 0 Å². The van der Waals surface area contributed by atoms with E-state index in [-0.39, 0.29) is 53.0 Å². The zero-order chi connectivity index (χ0) is 42.3. The summed E-state index contributed by atoms with van der Waals surface area (Å²) in [7, 11) is 0. The second-order valence-electron chi connectivity index (χ2n) is 18.8. The van der Waals surface area contributed by atoms with Gasteiger partial charge in [0.1, 0.15) is 24.0 Å². The van der Waals surface area contributed by atoms with E-state index in [0.29, 0.717) is 39.1 Å². The van der Waals surface area contributed by atoms with Gasteiger partial charge in [-0.25, -0.2) is 0 Å². The number of fused-ring (bicyclic) bond motifs is 1. The molecule has 4 heterocycles. The summed E-state index contributed by atoms with van der Waals surface area (Å²) in [5.41, 5.74) is 3.19. The zero-order valence-corrected chi connectivity index (χ0v) is 35.2. The van der Waals surface area contributed by atoms with Gasteiger partial charge in [0.25, 0.3) is 17.7 Å². The molecule has 0 aromatic heterocycles. The van der Waals surface area contributed by atoms with Gasteiger partial charge in [-0.2, -0.15) is 5.26 Å². The molecule has 2 saturated carbocycles. The van der Waals surface area contributed by atoms with Gasteiger partial charge >= 0.3 is 0 Å². The molecule has 5 fully saturated rings. The lowest BCUT2D eigenvalue weighted by atomic mass is 9.49. The number of carbonyl (C=O) groups excluding carboxylic acids is 5. The fraction of sp³-hybridized carbons (Fsp3) is 0.478. The van der Waals surface area contributed by atoms with Crippen LogP contribution in [0, 0.1) is 27.6 Å². The van der Waals surface area contributed by atoms with Crippen molar-refractivity contribution in [3.8, 4) is 11.8 Å². The Bertz CT molecular complexity index is 2330. The third-order valence-electron chi connectivity index (χ3n) is 14.3. The lowest BCUT2D eigenvalue weighted by molar-refractivity contribution is -0.164. The molecular formula is C46H50ClN7O6. The quantitative estimate of drug-likeness (QED) is 0.282. The zero-order valence-electron chi connectivity index (χ0n) is 34.4. The highest BCUT2D eigenvalue weighted by molar-refractivity contribution is 6.31. The smallest absolute Gasteiger partial charge is 0.262 e. The molecule has 9 rings (SSSR count). The fourth-order valence-electron chi connectivity index (χ4n) is 11.3. The Hall–Kier alpha value is -5.45. The summed E-state index contributed by atoms with van der Waals surface area (Å²) in [5.74, 6) is -1.47. The second-order valence-corrected chi connectivity index (χ2v) is 19.2. The number of benzene rings is 3. The minimum Gasteiger partial charge on any atom is -0.489 e. The van der Waals surface area contributed by atoms with Crippen LogP contribution < -0.4 is 25.2 Å². The van der Waals surface area contributed by atoms with Gasteiger partial charge in [0.05, 0.1) is 21.7 Å². The lowest BCUT2D eigenvalue weighted by Crippen LogP contribution is -2.74. The minimum absolute atomic E-state index is 0.0933. The molecule has 3 aromatic rings. The number of piperazine rings is 1. The first-order valence-electron chi connectivity index (χ1n) is 21.0. The third-order valence-corrected chi connectivity index (χ3v) is 14.6. The van der Waals surface area contributed by atoms with E-state index in [1.54, 1.807) is 30.3 Å². The fourth-order valence-corrected chi connectivity index (χ4v) is 11.5. The van der Waals surface area contributed by atoms with Crippen molar-refractivity contribution in [1.82, 2.24) is 20.4 Å². The average Bonchev–Trinajstić information content (AvgIpc) is 3.77. The number of amides is 5. The van der Waals surface area contributed by atoms with Crippen LogP contribution in [-0.4, -0.2) is 103 Å². The number of hydrogen-bond acceptors (Lipinski definition) is 10. The number of nitrogens with zero attached hydrogens (tertiary/aromatic N) is 5. The number of nitrogens with one attached hydrogen (secondary N) is 2. The molecule has 6 aliphatic rings. The third kappa shape index (κ3) is 6.68. The average molecular weight is 832 g/mol. The maximum absolute atomic E-state index is 13.5. The predicted octanol–water partition coefficient (Wildman–Crippen LogP) is 5.41. The number of nitriles is 1. The lowest BCUT2D eigenvalue weighted by Gasteiger charge is -2.63. The standard InChI is InChI=1S/C46H50ClN7O6/c1-44(2)42(45(3,4)43(44)60-32-11-7-28(25-48)35(47)22-32)50-38(56)27-5-8-29(9-6-27)51-17-19-52(20-18-51)31-23-46(24-31)15-16-53(26-46)30-10-12-33-34(21-30)41(59)54(40(33)58)36-13-14-37(55)49-39(36)57/h5-12,21-22,31,36,42-43H,13-20,23-24,26H2,1-4H3,(H,50,56)(H,49,55,57)/t31?,36?,42-,43-,46?. The second kappa shape index (κ2) is 14.6. The number of ether oxygens (including phenoxy) is 1. The van der Waals surface area contributed by atoms with Gasteiger partial charge in [-0.3, -0.25) is 39.1 Å². The van der Waals surface area contributed by atoms with E-state index in [9.17, 15) is 29.2 Å². The molecule has 13 nitrogen and oxygen atoms in total. The van der Waals surface area contributed by atoms with Gasteiger partial charge < -0.3 is 19.9 Å². The van der Waals surface area contributed by atoms with Gasteiger partial charge in [-0.15, -0.1) is 0 Å². The number of imide groups is 2. The van der Waals surface area contributed by atoms with Crippen LogP contribution in [0.5, 0.6) is 5.75 Å². The van der Waals surface area contributed by atoms with Crippen molar-refractivity contribution in [1.29, 1.82) is 5.26 Å². The van der Waals surface area contributed by atoms with Gasteiger partial charge in [0.2, 0.25) is 11.8 Å². The molecule has 1 spiro atoms. The van der Waals surface area contributed by atoms with E-state index in [0.717, 1.165) is 74.8 Å². The van der Waals surface area contributed by atoms with E-state index in [1.807, 2.05) is 30.3 Å². The Kier molecular flexibility index (Phi) is 9.75. The number of piperidine rings is 1. The van der Waals surface area contributed by atoms with E-state index in [4.69, 9.17) is 16.3 Å². The molecule has 3 saturated heterocycles. The Balaban J connectivity index is 0.747. The highest BCUT2D eigenvalue weighted by Crippen LogP contribution is 2.56. The molecular weight excluding hydrogens is 782 g/mol. The van der Waals surface area contributed by atoms with Crippen LogP contribution in [0.2, 0.25) is 5.02 Å². The number of rotatable bonds is 8. The van der Waals surface area contributed by atoms with E-state index in [1.165, 1.54) is 0 Å². The summed E-state index contributed by atoms with van der Waals surface area (Å²) in [5, 5.41) is 15.1. The van der Waals surface area contributed by atoms with Gasteiger partial charge in [0, 0.05) is 91.6 Å². The summed E-state index contributed by atoms with van der Waals surface area (Å²) < 4.78 is 6.39. The molecule has 0 radical (unpaired) electrons. The Labute approximate surface area is 354 Å². The van der Waals surface area contributed by atoms with Gasteiger partial charge in [-0.1, -0.05) is 39.3 Å². The number of halogens is 1. The van der Waals surface area contributed by atoms with E-state index in [2.05, 4.69) is 59.1 Å². The highest BCUT2D eigenvalue weighted by atomic mass is 35.5. The van der Waals surface area contributed by atoms with E-state index < -0.39 is 23.8 Å². The SMILES string of the molecule is CC1(C)[C@H](NC(=O)c2ccc(N3CCN(C4CC5(CCN(c6ccc7c(c6)C(=O)N(C6CCC(=O)NC6=O)C7=O)C5)C4)CC3)cc2)C(C)(C)[C@H]1Oc1ccc(C#N)c(Cl)c1.